The predicted octanol–water partition coefficient (Wildman–Crippen LogP) is 4.80. The summed E-state index contributed by atoms with van der Waals surface area (Å²) in [5.41, 5.74) is 0.600. The zero-order valence-corrected chi connectivity index (χ0v) is 13.4. The van der Waals surface area contributed by atoms with Crippen molar-refractivity contribution in [3.05, 3.63) is 53.3 Å². The summed E-state index contributed by atoms with van der Waals surface area (Å²) in [6, 6.07) is 2.75. The molecule has 3 nitrogen and oxygen atoms in total. The molecule has 0 saturated carbocycles. The molecule has 8 heteroatoms. The van der Waals surface area contributed by atoms with E-state index in [9.17, 15) is 9.90 Å². The van der Waals surface area contributed by atoms with Crippen LogP contribution in [-0.2, 0) is 6.61 Å². The number of benzene rings is 1. The number of aromatic amines is 1. The van der Waals surface area contributed by atoms with Crippen molar-refractivity contribution in [2.24, 2.45) is 0 Å². The minimum absolute atomic E-state index is 0.0436. The minimum atomic E-state index is -0.407. The van der Waals surface area contributed by atoms with Crippen molar-refractivity contribution in [3.63, 3.8) is 0 Å². The Morgan fingerprint density at radius 3 is 1.90 bits per heavy atom. The fourth-order valence-electron chi connectivity index (χ4n) is 1.72. The molecule has 0 unspecified atom stereocenters. The van der Waals surface area contributed by atoms with Crippen LogP contribution in [0.25, 0.3) is 11.1 Å². The van der Waals surface area contributed by atoms with E-state index in [-0.39, 0.29) is 36.4 Å². The molecule has 1 aromatic heterocycles. The van der Waals surface area contributed by atoms with Gasteiger partial charge in [0.15, 0.2) is 0 Å². The molecule has 0 bridgehead atoms. The van der Waals surface area contributed by atoms with Crippen molar-refractivity contribution >= 4 is 58.0 Å². The van der Waals surface area contributed by atoms with Crippen LogP contribution in [-0.4, -0.2) is 10.1 Å². The lowest BCUT2D eigenvalue weighted by Gasteiger charge is -2.14. The Kier molecular flexibility index (Phi) is 4.90. The molecule has 0 amide bonds. The quantitative estimate of drug-likeness (QED) is 0.587. The van der Waals surface area contributed by atoms with Crippen molar-refractivity contribution in [1.29, 1.82) is 0 Å². The number of H-pyrrole nitrogens is 1. The van der Waals surface area contributed by atoms with Crippen LogP contribution in [0.3, 0.4) is 0 Å². The first-order valence-electron chi connectivity index (χ1n) is 5.23. The van der Waals surface area contributed by atoms with Gasteiger partial charge >= 0.3 is 0 Å². The van der Waals surface area contributed by atoms with E-state index in [0.29, 0.717) is 11.1 Å². The molecule has 1 heterocycles. The summed E-state index contributed by atoms with van der Waals surface area (Å²) < 4.78 is 0. The predicted molar refractivity (Wildman–Crippen MR) is 83.5 cm³/mol. The number of aromatic nitrogens is 1. The molecule has 0 aliphatic carbocycles. The van der Waals surface area contributed by atoms with E-state index in [1.807, 2.05) is 0 Å². The van der Waals surface area contributed by atoms with E-state index < -0.39 is 6.61 Å². The molecular weight excluding hydrogens is 367 g/mol. The average Bonchev–Trinajstić information content (AvgIpc) is 2.44. The molecule has 2 aromatic rings. The highest BCUT2D eigenvalue weighted by molar-refractivity contribution is 6.56. The summed E-state index contributed by atoms with van der Waals surface area (Å²) in [7, 11) is 0. The van der Waals surface area contributed by atoms with E-state index in [1.165, 1.54) is 12.1 Å². The van der Waals surface area contributed by atoms with E-state index >= 15 is 0 Å². The van der Waals surface area contributed by atoms with Crippen molar-refractivity contribution in [1.82, 2.24) is 4.98 Å². The molecule has 0 aliphatic heterocycles. The monoisotopic (exact) mass is 371 g/mol. The van der Waals surface area contributed by atoms with Crippen LogP contribution < -0.4 is 5.56 Å². The molecular formula is C12H6Cl5NO2. The molecule has 0 aliphatic rings. The molecule has 0 saturated heterocycles. The number of hydrogen-bond acceptors (Lipinski definition) is 2. The first-order chi connectivity index (χ1) is 9.38. The lowest BCUT2D eigenvalue weighted by Crippen LogP contribution is -2.08. The lowest BCUT2D eigenvalue weighted by molar-refractivity contribution is 0.277. The molecule has 1 aromatic carbocycles. The molecule has 2 N–H and O–H groups in total. The Balaban J connectivity index is 2.87. The van der Waals surface area contributed by atoms with Gasteiger partial charge in [-0.1, -0.05) is 58.0 Å². The van der Waals surface area contributed by atoms with Gasteiger partial charge in [0.1, 0.15) is 0 Å². The normalized spacial score (nSPS) is 10.9. The highest BCUT2D eigenvalue weighted by atomic mass is 35.5. The van der Waals surface area contributed by atoms with Crippen LogP contribution in [0.5, 0.6) is 0 Å². The van der Waals surface area contributed by atoms with Gasteiger partial charge in [-0.2, -0.15) is 0 Å². The van der Waals surface area contributed by atoms with E-state index in [0.717, 1.165) is 0 Å². The van der Waals surface area contributed by atoms with Gasteiger partial charge in [0.25, 0.3) is 0 Å². The molecule has 20 heavy (non-hydrogen) atoms. The maximum Gasteiger partial charge on any atom is 0.248 e. The van der Waals surface area contributed by atoms with Gasteiger partial charge in [0, 0.05) is 17.2 Å². The summed E-state index contributed by atoms with van der Waals surface area (Å²) in [4.78, 5) is 13.8. The number of aliphatic hydroxyl groups is 1. The van der Waals surface area contributed by atoms with Gasteiger partial charge in [-0.05, 0) is 6.07 Å². The van der Waals surface area contributed by atoms with Crippen LogP contribution in [0.1, 0.15) is 5.69 Å². The first kappa shape index (κ1) is 16.0. The first-order valence-corrected chi connectivity index (χ1v) is 7.12. The summed E-state index contributed by atoms with van der Waals surface area (Å²) in [5, 5.41) is 9.65. The number of pyridine rings is 1. The minimum Gasteiger partial charge on any atom is -0.390 e. The van der Waals surface area contributed by atoms with Crippen LogP contribution in [0, 0.1) is 0 Å². The Labute approximate surface area is 139 Å². The van der Waals surface area contributed by atoms with E-state index in [4.69, 9.17) is 58.0 Å². The second-order valence-corrected chi connectivity index (χ2v) is 5.71. The zero-order chi connectivity index (χ0) is 15.0. The fourth-order valence-corrected chi connectivity index (χ4v) is 3.06. The number of nitrogens with one attached hydrogen (secondary N) is 1. The van der Waals surface area contributed by atoms with Crippen molar-refractivity contribution in [3.8, 4) is 11.1 Å². The van der Waals surface area contributed by atoms with Gasteiger partial charge in [0.05, 0.1) is 37.4 Å². The molecule has 0 atom stereocenters. The number of hydrogen-bond donors (Lipinski definition) is 2. The third-order valence-electron chi connectivity index (χ3n) is 2.64. The van der Waals surface area contributed by atoms with Crippen molar-refractivity contribution in [2.45, 2.75) is 6.61 Å². The van der Waals surface area contributed by atoms with Crippen LogP contribution in [0.4, 0.5) is 0 Å². The van der Waals surface area contributed by atoms with E-state index in [1.54, 1.807) is 0 Å². The topological polar surface area (TPSA) is 53.1 Å². The smallest absolute Gasteiger partial charge is 0.248 e. The maximum absolute atomic E-state index is 11.3. The van der Waals surface area contributed by atoms with Crippen molar-refractivity contribution < 1.29 is 5.11 Å². The number of aliphatic hydroxyl groups excluding tert-OH is 1. The second kappa shape index (κ2) is 6.14. The largest absolute Gasteiger partial charge is 0.390 e. The molecule has 0 fully saturated rings. The molecule has 0 radical (unpaired) electrons. The number of halogens is 5. The van der Waals surface area contributed by atoms with Gasteiger partial charge < -0.3 is 10.1 Å². The molecule has 106 valence electrons. The third kappa shape index (κ3) is 2.67. The van der Waals surface area contributed by atoms with Gasteiger partial charge in [0.2, 0.25) is 5.56 Å². The second-order valence-electron chi connectivity index (χ2n) is 3.82. The highest BCUT2D eigenvalue weighted by Gasteiger charge is 2.22. The summed E-state index contributed by atoms with van der Waals surface area (Å²) in [6.45, 7) is -0.407. The van der Waals surface area contributed by atoms with Gasteiger partial charge in [-0.3, -0.25) is 4.79 Å². The average molecular weight is 373 g/mol. The van der Waals surface area contributed by atoms with Crippen LogP contribution in [0.15, 0.2) is 16.9 Å². The van der Waals surface area contributed by atoms with Crippen LogP contribution >= 0.6 is 58.0 Å². The van der Waals surface area contributed by atoms with E-state index in [2.05, 4.69) is 4.98 Å². The third-order valence-corrected chi connectivity index (χ3v) is 4.91. The standard InChI is InChI=1S/C12H6Cl5NO2/c13-8-7(9(14)11(16)12(17)10(8)15)4-1-2-6(20)18-5(4)3-19/h1-2,19H,3H2,(H,18,20). The fraction of sp³-hybridized carbons (Fsp3) is 0.0833. The molecule has 0 spiro atoms. The summed E-state index contributed by atoms with van der Waals surface area (Å²) >= 11 is 30.2. The molecule has 2 rings (SSSR count). The zero-order valence-electron chi connectivity index (χ0n) is 9.61. The van der Waals surface area contributed by atoms with Crippen LogP contribution in [0.2, 0.25) is 25.1 Å². The number of rotatable bonds is 2. The van der Waals surface area contributed by atoms with Gasteiger partial charge in [-0.25, -0.2) is 0 Å². The highest BCUT2D eigenvalue weighted by Crippen LogP contribution is 2.48. The Bertz CT molecular complexity index is 712. The Morgan fingerprint density at radius 1 is 0.900 bits per heavy atom. The summed E-state index contributed by atoms with van der Waals surface area (Å²) in [6.07, 6.45) is 0. The maximum atomic E-state index is 11.3. The van der Waals surface area contributed by atoms with Gasteiger partial charge in [-0.15, -0.1) is 0 Å². The Morgan fingerprint density at radius 2 is 1.40 bits per heavy atom. The van der Waals surface area contributed by atoms with Crippen molar-refractivity contribution in [2.75, 3.05) is 0 Å². The summed E-state index contributed by atoms with van der Waals surface area (Å²) in [5.74, 6) is 0. The Hall–Kier alpha value is -0.420. The SMILES string of the molecule is O=c1ccc(-c2c(Cl)c(Cl)c(Cl)c(Cl)c2Cl)c(CO)[nH]1. The lowest BCUT2D eigenvalue weighted by atomic mass is 10.0.